The van der Waals surface area contributed by atoms with Gasteiger partial charge in [0.05, 0.1) is 12.5 Å². The maximum atomic E-state index is 11.5. The highest BCUT2D eigenvalue weighted by Gasteiger charge is 2.35. The molecule has 3 heteroatoms. The molecule has 1 heterocycles. The lowest BCUT2D eigenvalue weighted by Crippen LogP contribution is -2.34. The van der Waals surface area contributed by atoms with Gasteiger partial charge in [-0.15, -0.1) is 0 Å². The lowest BCUT2D eigenvalue weighted by Gasteiger charge is -2.39. The number of ether oxygens (including phenoxy) is 1. The molecule has 121 valence electrons. The summed E-state index contributed by atoms with van der Waals surface area (Å²) in [6.07, 6.45) is 12.7. The molecule has 3 nitrogen and oxygen atoms in total. The van der Waals surface area contributed by atoms with Crippen LogP contribution in [0.1, 0.15) is 46.0 Å². The van der Waals surface area contributed by atoms with Gasteiger partial charge in [-0.05, 0) is 54.9 Å². The Morgan fingerprint density at radius 1 is 1.32 bits per heavy atom. The number of aliphatic hydroxyl groups is 1. The first-order chi connectivity index (χ1) is 10.5. The first-order valence-electron chi connectivity index (χ1n) is 8.63. The number of allylic oxidation sites excluding steroid dienone is 4. The molecule has 0 bridgehead atoms. The van der Waals surface area contributed by atoms with Gasteiger partial charge in [0.2, 0.25) is 0 Å². The van der Waals surface area contributed by atoms with E-state index in [-0.39, 0.29) is 18.5 Å². The highest BCUT2D eigenvalue weighted by Crippen LogP contribution is 2.43. The Hall–Kier alpha value is -1.09. The highest BCUT2D eigenvalue weighted by molar-refractivity contribution is 5.70. The third-order valence-electron chi connectivity index (χ3n) is 5.41. The summed E-state index contributed by atoms with van der Waals surface area (Å²) < 4.78 is 5.39. The summed E-state index contributed by atoms with van der Waals surface area (Å²) in [4.78, 5) is 11.5. The number of fused-ring (bicyclic) bond motifs is 1. The van der Waals surface area contributed by atoms with Crippen molar-refractivity contribution >= 4 is 5.97 Å². The second-order valence-electron chi connectivity index (χ2n) is 7.31. The van der Waals surface area contributed by atoms with Crippen LogP contribution in [0, 0.1) is 30.1 Å². The number of esters is 1. The summed E-state index contributed by atoms with van der Waals surface area (Å²) in [6.45, 7) is 4.55. The Bertz CT molecular complexity index is 479. The van der Waals surface area contributed by atoms with E-state index in [4.69, 9.17) is 4.74 Å². The number of carbonyl (C=O) groups excluding carboxylic acids is 1. The molecule has 0 aromatic heterocycles. The van der Waals surface area contributed by atoms with Gasteiger partial charge in [0.15, 0.2) is 0 Å². The fraction of sp³-hybridized carbons (Fsp3) is 0.684. The molecule has 0 aromatic rings. The summed E-state index contributed by atoms with van der Waals surface area (Å²) >= 11 is 0. The highest BCUT2D eigenvalue weighted by atomic mass is 16.5. The topological polar surface area (TPSA) is 46.5 Å². The largest absolute Gasteiger partial charge is 0.462 e. The predicted octanol–water partition coefficient (Wildman–Crippen LogP) is 3.44. The average molecular weight is 303 g/mol. The Morgan fingerprint density at radius 2 is 2.14 bits per heavy atom. The van der Waals surface area contributed by atoms with Gasteiger partial charge in [-0.2, -0.15) is 0 Å². The van der Waals surface area contributed by atoms with Crippen LogP contribution in [0.4, 0.5) is 0 Å². The molecule has 1 saturated heterocycles. The van der Waals surface area contributed by atoms with Crippen molar-refractivity contribution in [2.45, 2.75) is 58.2 Å². The Morgan fingerprint density at radius 3 is 2.91 bits per heavy atom. The molecule has 1 radical (unpaired) electrons. The summed E-state index contributed by atoms with van der Waals surface area (Å²) in [6, 6.07) is 0. The van der Waals surface area contributed by atoms with Crippen molar-refractivity contribution in [1.82, 2.24) is 0 Å². The van der Waals surface area contributed by atoms with Gasteiger partial charge in [-0.25, -0.2) is 0 Å². The molecular formula is C19H27O3. The lowest BCUT2D eigenvalue weighted by molar-refractivity contribution is -0.160. The fourth-order valence-corrected chi connectivity index (χ4v) is 4.19. The maximum absolute atomic E-state index is 11.5. The van der Waals surface area contributed by atoms with E-state index < -0.39 is 6.10 Å². The Labute approximate surface area is 133 Å². The van der Waals surface area contributed by atoms with Crippen molar-refractivity contribution in [2.24, 2.45) is 23.7 Å². The van der Waals surface area contributed by atoms with E-state index in [0.29, 0.717) is 30.1 Å². The number of rotatable bonds is 3. The van der Waals surface area contributed by atoms with Crippen LogP contribution in [-0.4, -0.2) is 23.3 Å². The molecule has 0 amide bonds. The molecule has 0 aromatic carbocycles. The van der Waals surface area contributed by atoms with E-state index in [0.717, 1.165) is 19.3 Å². The molecule has 0 saturated carbocycles. The van der Waals surface area contributed by atoms with Crippen LogP contribution in [0.2, 0.25) is 0 Å². The lowest BCUT2D eigenvalue weighted by atomic mass is 9.66. The SMILES string of the molecule is C[C@H]1C=C2C=C[C@H](C)[C@H](CC[C@@H]3C[C@@H](O)CC(=O)O3)[C@H]2[CH]C1. The van der Waals surface area contributed by atoms with E-state index in [1.807, 2.05) is 0 Å². The van der Waals surface area contributed by atoms with Gasteiger partial charge in [-0.1, -0.05) is 32.1 Å². The standard InChI is InChI=1S/C19H27O3/c1-12-3-7-18-14(9-12)5-4-13(2)17(18)8-6-16-10-15(20)11-19(21)22-16/h4-5,7,9,12-13,15-18,20H,3,6,8,10-11H2,1-2H3/t12-,13+,15-,16-,17+,18+/m1/s1. The average Bonchev–Trinajstić information content (AvgIpc) is 2.45. The van der Waals surface area contributed by atoms with Crippen molar-refractivity contribution in [3.8, 4) is 0 Å². The number of hydrogen-bond donors (Lipinski definition) is 1. The third kappa shape index (κ3) is 3.45. The Kier molecular flexibility index (Phi) is 4.72. The molecule has 2 aliphatic carbocycles. The summed E-state index contributed by atoms with van der Waals surface area (Å²) in [5, 5.41) is 9.73. The Balaban J connectivity index is 1.63. The van der Waals surface area contributed by atoms with Crippen LogP contribution in [-0.2, 0) is 9.53 Å². The van der Waals surface area contributed by atoms with Crippen molar-refractivity contribution in [2.75, 3.05) is 0 Å². The molecule has 1 aliphatic heterocycles. The zero-order valence-corrected chi connectivity index (χ0v) is 13.6. The van der Waals surface area contributed by atoms with Crippen LogP contribution < -0.4 is 0 Å². The molecular weight excluding hydrogens is 276 g/mol. The monoisotopic (exact) mass is 303 g/mol. The molecule has 3 aliphatic rings. The quantitative estimate of drug-likeness (QED) is 0.812. The van der Waals surface area contributed by atoms with Crippen molar-refractivity contribution in [1.29, 1.82) is 0 Å². The first kappa shape index (κ1) is 15.8. The van der Waals surface area contributed by atoms with Gasteiger partial charge < -0.3 is 9.84 Å². The van der Waals surface area contributed by atoms with Crippen molar-refractivity contribution in [3.05, 3.63) is 30.2 Å². The van der Waals surface area contributed by atoms with E-state index in [2.05, 4.69) is 38.5 Å². The van der Waals surface area contributed by atoms with Crippen LogP contribution in [0.25, 0.3) is 0 Å². The third-order valence-corrected chi connectivity index (χ3v) is 5.41. The fourth-order valence-electron chi connectivity index (χ4n) is 4.19. The van der Waals surface area contributed by atoms with E-state index in [9.17, 15) is 9.90 Å². The normalized spacial score (nSPS) is 41.6. The van der Waals surface area contributed by atoms with Crippen molar-refractivity contribution < 1.29 is 14.6 Å². The number of hydrogen-bond acceptors (Lipinski definition) is 3. The van der Waals surface area contributed by atoms with Crippen LogP contribution in [0.15, 0.2) is 23.8 Å². The zero-order chi connectivity index (χ0) is 15.7. The number of aliphatic hydroxyl groups excluding tert-OH is 1. The second kappa shape index (κ2) is 6.57. The molecule has 0 spiro atoms. The van der Waals surface area contributed by atoms with Gasteiger partial charge in [0, 0.05) is 6.42 Å². The van der Waals surface area contributed by atoms with Crippen LogP contribution >= 0.6 is 0 Å². The molecule has 0 unspecified atom stereocenters. The molecule has 22 heavy (non-hydrogen) atoms. The zero-order valence-electron chi connectivity index (χ0n) is 13.6. The predicted molar refractivity (Wildman–Crippen MR) is 85.8 cm³/mol. The van der Waals surface area contributed by atoms with Crippen LogP contribution in [0.3, 0.4) is 0 Å². The number of cyclic esters (lactones) is 1. The van der Waals surface area contributed by atoms with Crippen molar-refractivity contribution in [3.63, 3.8) is 0 Å². The van der Waals surface area contributed by atoms with Gasteiger partial charge in [0.25, 0.3) is 0 Å². The van der Waals surface area contributed by atoms with Crippen LogP contribution in [0.5, 0.6) is 0 Å². The number of carbonyl (C=O) groups is 1. The van der Waals surface area contributed by atoms with Gasteiger partial charge in [-0.3, -0.25) is 4.79 Å². The van der Waals surface area contributed by atoms with E-state index in [1.54, 1.807) is 0 Å². The summed E-state index contributed by atoms with van der Waals surface area (Å²) in [5.74, 6) is 2.07. The first-order valence-corrected chi connectivity index (χ1v) is 8.63. The minimum atomic E-state index is -0.521. The molecule has 1 fully saturated rings. The van der Waals surface area contributed by atoms with Gasteiger partial charge >= 0.3 is 5.97 Å². The van der Waals surface area contributed by atoms with Gasteiger partial charge in [0.1, 0.15) is 6.10 Å². The van der Waals surface area contributed by atoms with E-state index >= 15 is 0 Å². The maximum Gasteiger partial charge on any atom is 0.308 e. The minimum Gasteiger partial charge on any atom is -0.462 e. The second-order valence-corrected chi connectivity index (χ2v) is 7.31. The smallest absolute Gasteiger partial charge is 0.308 e. The summed E-state index contributed by atoms with van der Waals surface area (Å²) in [7, 11) is 0. The minimum absolute atomic E-state index is 0.107. The van der Waals surface area contributed by atoms with E-state index in [1.165, 1.54) is 5.57 Å². The molecule has 3 rings (SSSR count). The summed E-state index contributed by atoms with van der Waals surface area (Å²) in [5.41, 5.74) is 1.46. The molecule has 6 atom stereocenters. The molecule has 1 N–H and O–H groups in total.